The SMILES string of the molecule is Cc1cccc(C(=O)[C@H](CC(=O)c2ccccc2)c2ccccc2)c1. The van der Waals surface area contributed by atoms with Crippen molar-refractivity contribution in [2.75, 3.05) is 0 Å². The Morgan fingerprint density at radius 1 is 0.760 bits per heavy atom. The van der Waals surface area contributed by atoms with Gasteiger partial charge in [0.05, 0.1) is 5.92 Å². The van der Waals surface area contributed by atoms with E-state index in [-0.39, 0.29) is 18.0 Å². The van der Waals surface area contributed by atoms with Gasteiger partial charge in [-0.15, -0.1) is 0 Å². The molecule has 124 valence electrons. The molecule has 0 heterocycles. The molecule has 3 aromatic carbocycles. The maximum atomic E-state index is 13.1. The van der Waals surface area contributed by atoms with Crippen molar-refractivity contribution in [3.63, 3.8) is 0 Å². The number of carbonyl (C=O) groups excluding carboxylic acids is 2. The van der Waals surface area contributed by atoms with Crippen molar-refractivity contribution in [2.45, 2.75) is 19.3 Å². The molecular weight excluding hydrogens is 308 g/mol. The van der Waals surface area contributed by atoms with Crippen molar-refractivity contribution in [1.82, 2.24) is 0 Å². The van der Waals surface area contributed by atoms with Gasteiger partial charge < -0.3 is 0 Å². The van der Waals surface area contributed by atoms with Crippen LogP contribution < -0.4 is 0 Å². The topological polar surface area (TPSA) is 34.1 Å². The van der Waals surface area contributed by atoms with Crippen molar-refractivity contribution in [3.8, 4) is 0 Å². The minimum atomic E-state index is -0.476. The summed E-state index contributed by atoms with van der Waals surface area (Å²) in [5.41, 5.74) is 3.19. The van der Waals surface area contributed by atoms with Gasteiger partial charge in [-0.25, -0.2) is 0 Å². The van der Waals surface area contributed by atoms with E-state index >= 15 is 0 Å². The first-order chi connectivity index (χ1) is 12.1. The summed E-state index contributed by atoms with van der Waals surface area (Å²) in [6.45, 7) is 1.96. The van der Waals surface area contributed by atoms with Gasteiger partial charge in [-0.05, 0) is 18.6 Å². The number of hydrogen-bond acceptors (Lipinski definition) is 2. The maximum absolute atomic E-state index is 13.1. The number of ketones is 2. The molecule has 2 nitrogen and oxygen atoms in total. The van der Waals surface area contributed by atoms with Crippen LogP contribution in [0.4, 0.5) is 0 Å². The van der Waals surface area contributed by atoms with E-state index < -0.39 is 5.92 Å². The second-order valence-electron chi connectivity index (χ2n) is 6.19. The molecule has 0 saturated heterocycles. The van der Waals surface area contributed by atoms with E-state index in [0.29, 0.717) is 11.1 Å². The Balaban J connectivity index is 1.93. The molecule has 0 aliphatic carbocycles. The molecule has 0 aliphatic rings. The summed E-state index contributed by atoms with van der Waals surface area (Å²) in [5.74, 6) is -0.509. The van der Waals surface area contributed by atoms with Crippen LogP contribution in [0, 0.1) is 6.92 Å². The lowest BCUT2D eigenvalue weighted by atomic mass is 9.85. The van der Waals surface area contributed by atoms with Crippen LogP contribution in [-0.4, -0.2) is 11.6 Å². The molecule has 0 radical (unpaired) electrons. The molecule has 25 heavy (non-hydrogen) atoms. The first-order valence-electron chi connectivity index (χ1n) is 8.39. The second-order valence-corrected chi connectivity index (χ2v) is 6.19. The van der Waals surface area contributed by atoms with Crippen LogP contribution >= 0.6 is 0 Å². The highest BCUT2D eigenvalue weighted by molar-refractivity contribution is 6.06. The smallest absolute Gasteiger partial charge is 0.170 e. The zero-order valence-corrected chi connectivity index (χ0v) is 14.2. The Morgan fingerprint density at radius 3 is 2.00 bits per heavy atom. The number of rotatable bonds is 6. The average molecular weight is 328 g/mol. The predicted molar refractivity (Wildman–Crippen MR) is 100 cm³/mol. The van der Waals surface area contributed by atoms with E-state index in [2.05, 4.69) is 0 Å². The Hall–Kier alpha value is -3.00. The van der Waals surface area contributed by atoms with Gasteiger partial charge in [0, 0.05) is 17.5 Å². The highest BCUT2D eigenvalue weighted by Crippen LogP contribution is 2.26. The van der Waals surface area contributed by atoms with Crippen LogP contribution in [0.1, 0.15) is 44.2 Å². The van der Waals surface area contributed by atoms with Gasteiger partial charge >= 0.3 is 0 Å². The number of Topliss-reactive ketones (excluding diaryl/α,β-unsaturated/α-hetero) is 2. The molecule has 0 fully saturated rings. The summed E-state index contributed by atoms with van der Waals surface area (Å²) < 4.78 is 0. The fraction of sp³-hybridized carbons (Fsp3) is 0.130. The minimum Gasteiger partial charge on any atom is -0.294 e. The predicted octanol–water partition coefficient (Wildman–Crippen LogP) is 5.23. The molecular formula is C23H20O2. The van der Waals surface area contributed by atoms with Crippen molar-refractivity contribution in [3.05, 3.63) is 107 Å². The molecule has 0 N–H and O–H groups in total. The van der Waals surface area contributed by atoms with E-state index in [1.54, 1.807) is 12.1 Å². The summed E-state index contributed by atoms with van der Waals surface area (Å²) in [6.07, 6.45) is 0.167. The first-order valence-corrected chi connectivity index (χ1v) is 8.39. The van der Waals surface area contributed by atoms with Gasteiger partial charge in [-0.3, -0.25) is 9.59 Å². The van der Waals surface area contributed by atoms with E-state index in [1.807, 2.05) is 79.7 Å². The average Bonchev–Trinajstić information content (AvgIpc) is 2.67. The van der Waals surface area contributed by atoms with Crippen molar-refractivity contribution in [1.29, 1.82) is 0 Å². The van der Waals surface area contributed by atoms with Crippen LogP contribution in [0.2, 0.25) is 0 Å². The Morgan fingerprint density at radius 2 is 1.36 bits per heavy atom. The van der Waals surface area contributed by atoms with Crippen LogP contribution in [0.3, 0.4) is 0 Å². The van der Waals surface area contributed by atoms with Crippen molar-refractivity contribution < 1.29 is 9.59 Å². The van der Waals surface area contributed by atoms with Crippen LogP contribution in [0.15, 0.2) is 84.9 Å². The molecule has 0 unspecified atom stereocenters. The van der Waals surface area contributed by atoms with Gasteiger partial charge in [0.25, 0.3) is 0 Å². The Bertz CT molecular complexity index is 867. The van der Waals surface area contributed by atoms with Crippen LogP contribution in [0.25, 0.3) is 0 Å². The normalized spacial score (nSPS) is 11.7. The number of carbonyl (C=O) groups is 2. The second kappa shape index (κ2) is 7.71. The third kappa shape index (κ3) is 4.10. The van der Waals surface area contributed by atoms with E-state index in [4.69, 9.17) is 0 Å². The fourth-order valence-corrected chi connectivity index (χ4v) is 2.97. The molecule has 0 saturated carbocycles. The summed E-state index contributed by atoms with van der Waals surface area (Å²) >= 11 is 0. The summed E-state index contributed by atoms with van der Waals surface area (Å²) in [6, 6.07) is 26.2. The van der Waals surface area contributed by atoms with E-state index in [0.717, 1.165) is 11.1 Å². The third-order valence-electron chi connectivity index (χ3n) is 4.31. The van der Waals surface area contributed by atoms with Crippen molar-refractivity contribution >= 4 is 11.6 Å². The van der Waals surface area contributed by atoms with Crippen LogP contribution in [-0.2, 0) is 0 Å². The maximum Gasteiger partial charge on any atom is 0.170 e. The van der Waals surface area contributed by atoms with Gasteiger partial charge in [0.2, 0.25) is 0 Å². The molecule has 3 aromatic rings. The van der Waals surface area contributed by atoms with Gasteiger partial charge in [-0.2, -0.15) is 0 Å². The molecule has 2 heteroatoms. The summed E-state index contributed by atoms with van der Waals surface area (Å²) in [5, 5.41) is 0. The summed E-state index contributed by atoms with van der Waals surface area (Å²) in [7, 11) is 0. The Labute approximate surface area is 148 Å². The van der Waals surface area contributed by atoms with Gasteiger partial charge in [0.1, 0.15) is 0 Å². The lowest BCUT2D eigenvalue weighted by Crippen LogP contribution is -2.17. The quantitative estimate of drug-likeness (QED) is 0.580. The van der Waals surface area contributed by atoms with E-state index in [1.165, 1.54) is 0 Å². The number of hydrogen-bond donors (Lipinski definition) is 0. The molecule has 0 aliphatic heterocycles. The van der Waals surface area contributed by atoms with Crippen molar-refractivity contribution in [2.24, 2.45) is 0 Å². The number of aryl methyl sites for hydroxylation is 1. The standard InChI is InChI=1S/C23H20O2/c1-17-9-8-14-20(15-17)23(25)21(18-10-4-2-5-11-18)16-22(24)19-12-6-3-7-13-19/h2-15,21H,16H2,1H3/t21-/m1/s1. The zero-order chi connectivity index (χ0) is 17.6. The third-order valence-corrected chi connectivity index (χ3v) is 4.31. The summed E-state index contributed by atoms with van der Waals surface area (Å²) in [4.78, 5) is 25.8. The fourth-order valence-electron chi connectivity index (χ4n) is 2.97. The minimum absolute atomic E-state index is 0.0146. The van der Waals surface area contributed by atoms with Gasteiger partial charge in [-0.1, -0.05) is 84.4 Å². The highest BCUT2D eigenvalue weighted by atomic mass is 16.1. The lowest BCUT2D eigenvalue weighted by molar-refractivity contribution is 0.0893. The molecule has 1 atom stereocenters. The first kappa shape index (κ1) is 16.8. The molecule has 3 rings (SSSR count). The van der Waals surface area contributed by atoms with E-state index in [9.17, 15) is 9.59 Å². The Kier molecular flexibility index (Phi) is 5.20. The monoisotopic (exact) mass is 328 g/mol. The largest absolute Gasteiger partial charge is 0.294 e. The highest BCUT2D eigenvalue weighted by Gasteiger charge is 2.25. The lowest BCUT2D eigenvalue weighted by Gasteiger charge is -2.16. The number of benzene rings is 3. The van der Waals surface area contributed by atoms with Gasteiger partial charge in [0.15, 0.2) is 11.6 Å². The molecule has 0 amide bonds. The van der Waals surface area contributed by atoms with Crippen LogP contribution in [0.5, 0.6) is 0 Å². The molecule has 0 bridgehead atoms. The zero-order valence-electron chi connectivity index (χ0n) is 14.2. The molecule has 0 aromatic heterocycles. The molecule has 0 spiro atoms.